The Balaban J connectivity index is 2.26. The molecule has 0 N–H and O–H groups in total. The van der Waals surface area contributed by atoms with Crippen molar-refractivity contribution in [1.82, 2.24) is 0 Å². The molecular weight excluding hydrogens is 368 g/mol. The van der Waals surface area contributed by atoms with Crippen LogP contribution in [0, 0.1) is 28.6 Å². The Morgan fingerprint density at radius 2 is 2.04 bits per heavy atom. The van der Waals surface area contributed by atoms with Crippen molar-refractivity contribution in [1.29, 1.82) is 5.26 Å². The zero-order valence-electron chi connectivity index (χ0n) is 17.1. The number of methoxy groups -OCH3 is 1. The van der Waals surface area contributed by atoms with E-state index in [0.717, 1.165) is 36.8 Å². The van der Waals surface area contributed by atoms with Gasteiger partial charge in [-0.3, -0.25) is 4.79 Å². The molecule has 1 saturated carbocycles. The Morgan fingerprint density at radius 3 is 2.57 bits per heavy atom. The number of rotatable bonds is 5. The van der Waals surface area contributed by atoms with Gasteiger partial charge in [0.05, 0.1) is 22.9 Å². The molecule has 0 amide bonds. The molecule has 3 rings (SSSR count). The molecule has 0 unspecified atom stereocenters. The number of ketones is 1. The van der Waals surface area contributed by atoms with Crippen LogP contribution in [-0.2, 0) is 21.5 Å². The van der Waals surface area contributed by atoms with Gasteiger partial charge in [-0.25, -0.2) is 4.99 Å². The van der Waals surface area contributed by atoms with Gasteiger partial charge in [0.2, 0.25) is 0 Å². The number of hydrogen-bond donors (Lipinski definition) is 0. The second-order valence-corrected chi connectivity index (χ2v) is 8.77. The Hall–Kier alpha value is -1.86. The zero-order valence-corrected chi connectivity index (χ0v) is 17.9. The normalized spacial score (nSPS) is 33.8. The van der Waals surface area contributed by atoms with Gasteiger partial charge in [0.1, 0.15) is 0 Å². The summed E-state index contributed by atoms with van der Waals surface area (Å²) in [7, 11) is 1.77. The highest BCUT2D eigenvalue weighted by Gasteiger charge is 2.64. The van der Waals surface area contributed by atoms with Crippen LogP contribution in [0.4, 0.5) is 0 Å². The van der Waals surface area contributed by atoms with Gasteiger partial charge in [-0.1, -0.05) is 26.8 Å². The topological polar surface area (TPSA) is 62.5 Å². The van der Waals surface area contributed by atoms with E-state index in [1.165, 1.54) is 0 Å². The van der Waals surface area contributed by atoms with Crippen molar-refractivity contribution in [3.8, 4) is 6.07 Å². The number of benzene rings is 1. The molecule has 5 heteroatoms. The number of nitriles is 1. The number of carbonyl (C=O) groups is 1. The van der Waals surface area contributed by atoms with E-state index in [1.54, 1.807) is 7.11 Å². The molecule has 0 bridgehead atoms. The highest BCUT2D eigenvalue weighted by Crippen LogP contribution is 2.62. The molecule has 2 aliphatic carbocycles. The highest BCUT2D eigenvalue weighted by molar-refractivity contribution is 7.78. The van der Waals surface area contributed by atoms with Crippen LogP contribution < -0.4 is 0 Å². The van der Waals surface area contributed by atoms with Crippen LogP contribution >= 0.6 is 12.2 Å². The third-order valence-corrected chi connectivity index (χ3v) is 6.93. The minimum atomic E-state index is -1.05. The summed E-state index contributed by atoms with van der Waals surface area (Å²) in [5, 5.41) is 12.0. The molecule has 2 aliphatic rings. The molecule has 0 aromatic heterocycles. The summed E-state index contributed by atoms with van der Waals surface area (Å²) < 4.78 is 5.77. The predicted molar refractivity (Wildman–Crippen MR) is 112 cm³/mol. The van der Waals surface area contributed by atoms with Crippen molar-refractivity contribution in [3.63, 3.8) is 0 Å². The molecule has 0 aliphatic heterocycles. The van der Waals surface area contributed by atoms with Gasteiger partial charge in [-0.15, -0.1) is 0 Å². The third-order valence-electron chi connectivity index (χ3n) is 6.84. The first kappa shape index (κ1) is 20.9. The van der Waals surface area contributed by atoms with Crippen molar-refractivity contribution in [2.24, 2.45) is 22.2 Å². The molecular formula is C23H28N2O2S. The van der Waals surface area contributed by atoms with Gasteiger partial charge in [0, 0.05) is 18.9 Å². The first-order chi connectivity index (χ1) is 13.4. The number of ether oxygens (including phenoxy) is 1. The smallest absolute Gasteiger partial charge is 0.166 e. The summed E-state index contributed by atoms with van der Waals surface area (Å²) in [5.41, 5.74) is 1.12. The minimum Gasteiger partial charge on any atom is -0.381 e. The highest BCUT2D eigenvalue weighted by atomic mass is 32.1. The van der Waals surface area contributed by atoms with E-state index >= 15 is 0 Å². The van der Waals surface area contributed by atoms with Crippen molar-refractivity contribution in [2.75, 3.05) is 7.11 Å². The van der Waals surface area contributed by atoms with Crippen LogP contribution in [0.15, 0.2) is 23.2 Å². The maximum absolute atomic E-state index is 13.7. The quantitative estimate of drug-likeness (QED) is 0.527. The summed E-state index contributed by atoms with van der Waals surface area (Å²) >= 11 is 5.05. The van der Waals surface area contributed by atoms with Crippen LogP contribution in [-0.4, -0.2) is 24.2 Å². The molecule has 28 heavy (non-hydrogen) atoms. The Kier molecular flexibility index (Phi) is 5.87. The summed E-state index contributed by atoms with van der Waals surface area (Å²) in [6.07, 6.45) is 3.80. The third kappa shape index (κ3) is 2.95. The largest absolute Gasteiger partial charge is 0.381 e. The number of fused-ring (bicyclic) bond motifs is 1. The molecule has 1 aromatic carbocycles. The van der Waals surface area contributed by atoms with Gasteiger partial charge >= 0.3 is 0 Å². The van der Waals surface area contributed by atoms with Crippen LogP contribution in [0.3, 0.4) is 0 Å². The van der Waals surface area contributed by atoms with E-state index in [4.69, 9.17) is 17.0 Å². The second-order valence-electron chi connectivity index (χ2n) is 8.59. The summed E-state index contributed by atoms with van der Waals surface area (Å²) in [6.45, 7) is 6.41. The van der Waals surface area contributed by atoms with Gasteiger partial charge in [-0.05, 0) is 73.0 Å². The fourth-order valence-electron chi connectivity index (χ4n) is 6.09. The van der Waals surface area contributed by atoms with Gasteiger partial charge in [0.15, 0.2) is 11.3 Å². The minimum absolute atomic E-state index is 0.0939. The first-order valence-corrected chi connectivity index (χ1v) is 10.5. The van der Waals surface area contributed by atoms with Crippen LogP contribution in [0.2, 0.25) is 0 Å². The molecule has 1 fully saturated rings. The Labute approximate surface area is 173 Å². The standard InChI is InChI=1S/C23H28N2O2S/c1-5-6-20(26)23(25-14-28)19-9-17(13-24)7-8-18(19)12-22(23)10-15(2)21(27-4)16(3)11-22/h7-9,15-16,21H,5-6,10-12H2,1-4H3/t15-,16+,21+,22+,23-/m1/s1. The van der Waals surface area contributed by atoms with Crippen LogP contribution in [0.25, 0.3) is 0 Å². The van der Waals surface area contributed by atoms with E-state index in [-0.39, 0.29) is 17.3 Å². The van der Waals surface area contributed by atoms with Gasteiger partial charge < -0.3 is 4.74 Å². The fourth-order valence-corrected chi connectivity index (χ4v) is 6.23. The first-order valence-electron chi connectivity index (χ1n) is 10.1. The van der Waals surface area contributed by atoms with Crippen molar-refractivity contribution in [2.45, 2.75) is 64.5 Å². The maximum atomic E-state index is 13.7. The average Bonchev–Trinajstić information content (AvgIpc) is 2.91. The molecule has 4 nitrogen and oxygen atoms in total. The number of Topliss-reactive ketones (excluding diaryl/α,β-unsaturated/α-hetero) is 1. The number of carbonyl (C=O) groups excluding carboxylic acids is 1. The lowest BCUT2D eigenvalue weighted by Gasteiger charge is -2.51. The molecule has 148 valence electrons. The number of hydrogen-bond acceptors (Lipinski definition) is 5. The number of aliphatic imine (C=N–C) groups is 1. The fraction of sp³-hybridized carbons (Fsp3) is 0.609. The number of isothiocyanates is 1. The zero-order chi connectivity index (χ0) is 20.5. The number of thiocarbonyl (C=S) groups is 1. The molecule has 0 heterocycles. The molecule has 0 radical (unpaired) electrons. The lowest BCUT2D eigenvalue weighted by Crippen LogP contribution is -2.54. The van der Waals surface area contributed by atoms with E-state index in [9.17, 15) is 10.1 Å². The van der Waals surface area contributed by atoms with Crippen molar-refractivity contribution in [3.05, 3.63) is 34.9 Å². The predicted octanol–water partition coefficient (Wildman–Crippen LogP) is 4.85. The summed E-state index contributed by atoms with van der Waals surface area (Å²) in [5.74, 6) is 0.691. The average molecular weight is 397 g/mol. The molecule has 1 spiro atoms. The SMILES string of the molecule is CCCC(=O)[C@]1(N=C=S)c2cc(C#N)ccc2C[C@@]12C[C@@H](C)[C@H](OC)[C@@H](C)C2. The maximum Gasteiger partial charge on any atom is 0.166 e. The van der Waals surface area contributed by atoms with Crippen LogP contribution in [0.5, 0.6) is 0 Å². The Morgan fingerprint density at radius 1 is 1.36 bits per heavy atom. The van der Waals surface area contributed by atoms with E-state index in [0.29, 0.717) is 23.8 Å². The number of nitrogens with zero attached hydrogens (tertiary/aromatic N) is 2. The van der Waals surface area contributed by atoms with E-state index in [1.807, 2.05) is 25.1 Å². The summed E-state index contributed by atoms with van der Waals surface area (Å²) in [6, 6.07) is 7.89. The molecule has 5 atom stereocenters. The Bertz CT molecular complexity index is 856. The van der Waals surface area contributed by atoms with Crippen LogP contribution in [0.1, 0.15) is 63.1 Å². The van der Waals surface area contributed by atoms with E-state index < -0.39 is 5.54 Å². The lowest BCUT2D eigenvalue weighted by molar-refractivity contribution is -0.135. The monoisotopic (exact) mass is 396 g/mol. The van der Waals surface area contributed by atoms with Crippen molar-refractivity contribution >= 4 is 23.2 Å². The van der Waals surface area contributed by atoms with Crippen molar-refractivity contribution < 1.29 is 9.53 Å². The molecule has 1 aromatic rings. The van der Waals surface area contributed by atoms with Gasteiger partial charge in [-0.2, -0.15) is 5.26 Å². The second kappa shape index (κ2) is 7.87. The molecule has 0 saturated heterocycles. The lowest BCUT2D eigenvalue weighted by atomic mass is 9.55. The summed E-state index contributed by atoms with van der Waals surface area (Å²) in [4.78, 5) is 18.3. The van der Waals surface area contributed by atoms with Gasteiger partial charge in [0.25, 0.3) is 0 Å². The van der Waals surface area contributed by atoms with E-state index in [2.05, 4.69) is 30.1 Å².